The van der Waals surface area contributed by atoms with Crippen molar-refractivity contribution < 1.29 is 9.53 Å². The molecule has 0 aromatic heterocycles. The normalized spacial score (nSPS) is 13.2. The molecule has 0 rings (SSSR count). The molecule has 0 saturated carbocycles. The molecule has 0 bridgehead atoms. The molecule has 0 fully saturated rings. The van der Waals surface area contributed by atoms with E-state index >= 15 is 0 Å². The number of carbonyl (C=O) groups is 1. The highest BCUT2D eigenvalue weighted by molar-refractivity contribution is 5.75. The Labute approximate surface area is 67.9 Å². The van der Waals surface area contributed by atoms with E-state index in [0.29, 0.717) is 6.61 Å². The highest BCUT2D eigenvalue weighted by atomic mass is 16.5. The molecule has 0 saturated heterocycles. The van der Waals surface area contributed by atoms with Crippen LogP contribution in [0.4, 0.5) is 0 Å². The predicted molar refractivity (Wildman–Crippen MR) is 44.1 cm³/mol. The van der Waals surface area contributed by atoms with Crippen molar-refractivity contribution >= 4 is 5.97 Å². The number of hydrogen-bond acceptors (Lipinski definition) is 3. The SMILES string of the molecule is CCCOC(=O)C(N)C(C)C. The number of carbonyl (C=O) groups excluding carboxylic acids is 1. The van der Waals surface area contributed by atoms with Crippen molar-refractivity contribution in [3.05, 3.63) is 0 Å². The minimum Gasteiger partial charge on any atom is -0.465 e. The molecular formula is C8H17NO2. The average Bonchev–Trinajstić information content (AvgIpc) is 1.98. The molecular weight excluding hydrogens is 142 g/mol. The van der Waals surface area contributed by atoms with Gasteiger partial charge in [-0.15, -0.1) is 0 Å². The van der Waals surface area contributed by atoms with Crippen LogP contribution in [0.1, 0.15) is 27.2 Å². The summed E-state index contributed by atoms with van der Waals surface area (Å²) in [6, 6.07) is -0.471. The first-order valence-electron chi connectivity index (χ1n) is 4.01. The summed E-state index contributed by atoms with van der Waals surface area (Å²) in [5.74, 6) is -0.138. The quantitative estimate of drug-likeness (QED) is 0.621. The number of hydrogen-bond donors (Lipinski definition) is 1. The van der Waals surface area contributed by atoms with Crippen LogP contribution in [0.15, 0.2) is 0 Å². The average molecular weight is 159 g/mol. The molecule has 0 heterocycles. The van der Waals surface area contributed by atoms with Gasteiger partial charge in [0.25, 0.3) is 0 Å². The van der Waals surface area contributed by atoms with Gasteiger partial charge in [-0.3, -0.25) is 4.79 Å². The molecule has 0 aliphatic rings. The van der Waals surface area contributed by atoms with Gasteiger partial charge in [0.1, 0.15) is 6.04 Å². The Kier molecular flexibility index (Phi) is 4.86. The molecule has 0 aliphatic heterocycles. The Morgan fingerprint density at radius 3 is 2.45 bits per heavy atom. The maximum Gasteiger partial charge on any atom is 0.323 e. The van der Waals surface area contributed by atoms with Crippen LogP contribution in [0.5, 0.6) is 0 Å². The zero-order valence-corrected chi connectivity index (χ0v) is 7.46. The van der Waals surface area contributed by atoms with Crippen LogP contribution in [-0.2, 0) is 9.53 Å². The minimum atomic E-state index is -0.471. The molecule has 3 nitrogen and oxygen atoms in total. The van der Waals surface area contributed by atoms with Gasteiger partial charge in [0.05, 0.1) is 6.61 Å². The van der Waals surface area contributed by atoms with E-state index in [2.05, 4.69) is 0 Å². The van der Waals surface area contributed by atoms with Gasteiger partial charge in [-0.25, -0.2) is 0 Å². The van der Waals surface area contributed by atoms with E-state index in [1.165, 1.54) is 0 Å². The molecule has 0 aliphatic carbocycles. The molecule has 11 heavy (non-hydrogen) atoms. The van der Waals surface area contributed by atoms with Crippen LogP contribution in [0, 0.1) is 5.92 Å². The number of ether oxygens (including phenoxy) is 1. The summed E-state index contributed by atoms with van der Waals surface area (Å²) in [6.45, 7) is 6.23. The van der Waals surface area contributed by atoms with Crippen LogP contribution in [0.3, 0.4) is 0 Å². The highest BCUT2D eigenvalue weighted by Crippen LogP contribution is 2.00. The summed E-state index contributed by atoms with van der Waals surface area (Å²) in [5.41, 5.74) is 5.53. The van der Waals surface area contributed by atoms with E-state index in [9.17, 15) is 4.79 Å². The van der Waals surface area contributed by atoms with Gasteiger partial charge < -0.3 is 10.5 Å². The number of esters is 1. The van der Waals surface area contributed by atoms with Crippen molar-refractivity contribution in [2.45, 2.75) is 33.2 Å². The summed E-state index contributed by atoms with van der Waals surface area (Å²) in [7, 11) is 0. The smallest absolute Gasteiger partial charge is 0.323 e. The monoisotopic (exact) mass is 159 g/mol. The third kappa shape index (κ3) is 3.98. The van der Waals surface area contributed by atoms with Gasteiger partial charge in [-0.1, -0.05) is 20.8 Å². The second-order valence-corrected chi connectivity index (χ2v) is 2.94. The molecule has 1 unspecified atom stereocenters. The van der Waals surface area contributed by atoms with E-state index in [1.807, 2.05) is 20.8 Å². The van der Waals surface area contributed by atoms with Crippen molar-refractivity contribution in [3.8, 4) is 0 Å². The fourth-order valence-electron chi connectivity index (χ4n) is 0.571. The van der Waals surface area contributed by atoms with Crippen LogP contribution < -0.4 is 5.73 Å². The van der Waals surface area contributed by atoms with Crippen LogP contribution in [-0.4, -0.2) is 18.6 Å². The Hall–Kier alpha value is -0.570. The first-order chi connectivity index (χ1) is 5.09. The minimum absolute atomic E-state index is 0.152. The van der Waals surface area contributed by atoms with E-state index in [0.717, 1.165) is 6.42 Å². The second kappa shape index (κ2) is 5.13. The molecule has 0 radical (unpaired) electrons. The van der Waals surface area contributed by atoms with Gasteiger partial charge >= 0.3 is 5.97 Å². The molecule has 3 heteroatoms. The number of nitrogens with two attached hydrogens (primary N) is 1. The predicted octanol–water partition coefficient (Wildman–Crippen LogP) is 0.923. The Balaban J connectivity index is 3.64. The largest absolute Gasteiger partial charge is 0.465 e. The van der Waals surface area contributed by atoms with E-state index in [-0.39, 0.29) is 11.9 Å². The van der Waals surface area contributed by atoms with Crippen LogP contribution >= 0.6 is 0 Å². The van der Waals surface area contributed by atoms with Crippen molar-refractivity contribution in [1.82, 2.24) is 0 Å². The van der Waals surface area contributed by atoms with Crippen molar-refractivity contribution in [1.29, 1.82) is 0 Å². The first kappa shape index (κ1) is 10.4. The topological polar surface area (TPSA) is 52.3 Å². The van der Waals surface area contributed by atoms with Gasteiger partial charge in [-0.2, -0.15) is 0 Å². The van der Waals surface area contributed by atoms with E-state index in [1.54, 1.807) is 0 Å². The van der Waals surface area contributed by atoms with Crippen molar-refractivity contribution in [2.75, 3.05) is 6.61 Å². The summed E-state index contributed by atoms with van der Waals surface area (Å²) in [6.07, 6.45) is 0.844. The summed E-state index contributed by atoms with van der Waals surface area (Å²) in [5, 5.41) is 0. The molecule has 1 atom stereocenters. The Morgan fingerprint density at radius 1 is 1.55 bits per heavy atom. The van der Waals surface area contributed by atoms with Gasteiger partial charge in [0.2, 0.25) is 0 Å². The molecule has 2 N–H and O–H groups in total. The van der Waals surface area contributed by atoms with Gasteiger partial charge in [0.15, 0.2) is 0 Å². The summed E-state index contributed by atoms with van der Waals surface area (Å²) in [4.78, 5) is 11.0. The summed E-state index contributed by atoms with van der Waals surface area (Å²) >= 11 is 0. The van der Waals surface area contributed by atoms with Crippen molar-refractivity contribution in [3.63, 3.8) is 0 Å². The fourth-order valence-corrected chi connectivity index (χ4v) is 0.571. The third-order valence-electron chi connectivity index (χ3n) is 1.44. The molecule has 0 aromatic carbocycles. The molecule has 0 spiro atoms. The first-order valence-corrected chi connectivity index (χ1v) is 4.01. The van der Waals surface area contributed by atoms with Crippen LogP contribution in [0.25, 0.3) is 0 Å². The maximum atomic E-state index is 11.0. The Morgan fingerprint density at radius 2 is 2.09 bits per heavy atom. The molecule has 0 aromatic rings. The maximum absolute atomic E-state index is 11.0. The van der Waals surface area contributed by atoms with Gasteiger partial charge in [0, 0.05) is 0 Å². The molecule has 0 amide bonds. The van der Waals surface area contributed by atoms with E-state index in [4.69, 9.17) is 10.5 Å². The van der Waals surface area contributed by atoms with Crippen molar-refractivity contribution in [2.24, 2.45) is 11.7 Å². The fraction of sp³-hybridized carbons (Fsp3) is 0.875. The lowest BCUT2D eigenvalue weighted by molar-refractivity contribution is -0.146. The zero-order chi connectivity index (χ0) is 8.85. The zero-order valence-electron chi connectivity index (χ0n) is 7.46. The van der Waals surface area contributed by atoms with E-state index < -0.39 is 6.04 Å². The van der Waals surface area contributed by atoms with Crippen LogP contribution in [0.2, 0.25) is 0 Å². The molecule has 66 valence electrons. The lowest BCUT2D eigenvalue weighted by Crippen LogP contribution is -2.37. The lowest BCUT2D eigenvalue weighted by Gasteiger charge is -2.13. The second-order valence-electron chi connectivity index (χ2n) is 2.94. The standard InChI is InChI=1S/C8H17NO2/c1-4-5-11-8(10)7(9)6(2)3/h6-7H,4-5,9H2,1-3H3. The number of rotatable bonds is 4. The summed E-state index contributed by atoms with van der Waals surface area (Å²) < 4.78 is 4.85. The highest BCUT2D eigenvalue weighted by Gasteiger charge is 2.17. The third-order valence-corrected chi connectivity index (χ3v) is 1.44. The Bertz CT molecular complexity index is 123. The van der Waals surface area contributed by atoms with Gasteiger partial charge in [-0.05, 0) is 12.3 Å². The lowest BCUT2D eigenvalue weighted by atomic mass is 10.1.